The molecule has 3 heteroatoms. The molecule has 1 spiro atoms. The zero-order chi connectivity index (χ0) is 40.3. The fourth-order valence-electron chi connectivity index (χ4n) is 9.94. The summed E-state index contributed by atoms with van der Waals surface area (Å²) < 4.78 is 0. The third-order valence-corrected chi connectivity index (χ3v) is 12.6. The SMILES string of the molecule is c1ccc(-c2ccc(-c3nc(-c4ccc5c(c4)-c4ccccc4C54c5ccccc5-c5ccccc5-c5ccccc54)nc(-c4ccccc4-c4ccccc4)n3)cc2)cc1. The highest BCUT2D eigenvalue weighted by Gasteiger charge is 2.49. The van der Waals surface area contributed by atoms with Gasteiger partial charge < -0.3 is 0 Å². The van der Waals surface area contributed by atoms with Crippen LogP contribution in [0.15, 0.2) is 224 Å². The standard InChI is InChI=1S/C58H37N3/c1-3-17-38(18-4-1)39-31-33-41(34-32-39)55-59-56(61-57(60-55)49-27-10-7-21-43(49)40-19-5-2-6-20-40)42-35-36-54-50(37-42)48-26-13-16-30-53(48)58(54)51-28-14-11-24-46(51)44-22-8-9-23-45(44)47-25-12-15-29-52(47)58/h1-37H. The Bertz CT molecular complexity index is 3230. The average Bonchev–Trinajstić information content (AvgIpc) is 3.58. The minimum absolute atomic E-state index is 0.554. The van der Waals surface area contributed by atoms with E-state index in [0.29, 0.717) is 17.5 Å². The van der Waals surface area contributed by atoms with Crippen LogP contribution in [0, 0.1) is 0 Å². The van der Waals surface area contributed by atoms with Crippen molar-refractivity contribution in [1.29, 1.82) is 0 Å². The van der Waals surface area contributed by atoms with Gasteiger partial charge in [-0.15, -0.1) is 0 Å². The Balaban J connectivity index is 1.09. The number of aromatic nitrogens is 3. The maximum Gasteiger partial charge on any atom is 0.164 e. The van der Waals surface area contributed by atoms with Crippen molar-refractivity contribution in [3.8, 4) is 89.8 Å². The Labute approximate surface area is 355 Å². The second kappa shape index (κ2) is 14.1. The maximum absolute atomic E-state index is 5.33. The largest absolute Gasteiger partial charge is 0.208 e. The second-order valence-corrected chi connectivity index (χ2v) is 15.9. The lowest BCUT2D eigenvalue weighted by atomic mass is 9.66. The van der Waals surface area contributed by atoms with Gasteiger partial charge in [0.2, 0.25) is 0 Å². The molecule has 3 nitrogen and oxygen atoms in total. The summed E-state index contributed by atoms with van der Waals surface area (Å²) >= 11 is 0. The molecule has 10 aromatic rings. The van der Waals surface area contributed by atoms with Gasteiger partial charge in [0.1, 0.15) is 0 Å². The number of hydrogen-bond donors (Lipinski definition) is 0. The molecule has 2 aliphatic carbocycles. The van der Waals surface area contributed by atoms with Crippen molar-refractivity contribution in [3.63, 3.8) is 0 Å². The Hall–Kier alpha value is -8.01. The van der Waals surface area contributed by atoms with E-state index < -0.39 is 5.41 Å². The summed E-state index contributed by atoms with van der Waals surface area (Å²) in [6.07, 6.45) is 0. The molecule has 1 aromatic heterocycles. The van der Waals surface area contributed by atoms with Crippen LogP contribution >= 0.6 is 0 Å². The molecule has 0 N–H and O–H groups in total. The van der Waals surface area contributed by atoms with Crippen LogP contribution < -0.4 is 0 Å². The summed E-state index contributed by atoms with van der Waals surface area (Å²) in [4.78, 5) is 15.8. The minimum Gasteiger partial charge on any atom is -0.208 e. The van der Waals surface area contributed by atoms with Gasteiger partial charge in [0.05, 0.1) is 5.41 Å². The Morgan fingerprint density at radius 1 is 0.213 bits per heavy atom. The normalized spacial score (nSPS) is 12.7. The molecule has 1 heterocycles. The van der Waals surface area contributed by atoms with Gasteiger partial charge in [-0.25, -0.2) is 15.0 Å². The molecule has 0 saturated carbocycles. The molecule has 0 atom stereocenters. The summed E-state index contributed by atoms with van der Waals surface area (Å²) in [5.41, 5.74) is 19.3. The van der Waals surface area contributed by atoms with Crippen LogP contribution in [0.2, 0.25) is 0 Å². The van der Waals surface area contributed by atoms with Crippen LogP contribution in [0.4, 0.5) is 0 Å². The third-order valence-electron chi connectivity index (χ3n) is 12.6. The van der Waals surface area contributed by atoms with Crippen molar-refractivity contribution in [3.05, 3.63) is 247 Å². The van der Waals surface area contributed by atoms with Crippen LogP contribution in [0.1, 0.15) is 22.3 Å². The fraction of sp³-hybridized carbons (Fsp3) is 0.0172. The van der Waals surface area contributed by atoms with E-state index in [2.05, 4.69) is 212 Å². The second-order valence-electron chi connectivity index (χ2n) is 15.9. The highest BCUT2D eigenvalue weighted by molar-refractivity contribution is 5.98. The van der Waals surface area contributed by atoms with E-state index in [1.807, 2.05) is 12.1 Å². The molecular weight excluding hydrogens is 739 g/mol. The van der Waals surface area contributed by atoms with E-state index in [4.69, 9.17) is 15.0 Å². The highest BCUT2D eigenvalue weighted by Crippen LogP contribution is 2.61. The van der Waals surface area contributed by atoms with Crippen LogP contribution in [0.25, 0.3) is 89.8 Å². The predicted molar refractivity (Wildman–Crippen MR) is 249 cm³/mol. The van der Waals surface area contributed by atoms with E-state index in [1.54, 1.807) is 0 Å². The number of fused-ring (bicyclic) bond motifs is 12. The van der Waals surface area contributed by atoms with Crippen molar-refractivity contribution in [2.75, 3.05) is 0 Å². The van der Waals surface area contributed by atoms with Crippen LogP contribution in [-0.2, 0) is 5.41 Å². The van der Waals surface area contributed by atoms with Gasteiger partial charge >= 0.3 is 0 Å². The Morgan fingerprint density at radius 2 is 0.574 bits per heavy atom. The number of nitrogens with zero attached hydrogens (tertiary/aromatic N) is 3. The molecule has 284 valence electrons. The monoisotopic (exact) mass is 775 g/mol. The van der Waals surface area contributed by atoms with Crippen LogP contribution in [-0.4, -0.2) is 15.0 Å². The molecule has 0 saturated heterocycles. The summed E-state index contributed by atoms with van der Waals surface area (Å²) in [5.74, 6) is 1.89. The number of rotatable bonds is 5. The molecule has 9 aromatic carbocycles. The van der Waals surface area contributed by atoms with E-state index in [9.17, 15) is 0 Å². The highest BCUT2D eigenvalue weighted by atomic mass is 15.0. The first-order valence-corrected chi connectivity index (χ1v) is 20.9. The zero-order valence-corrected chi connectivity index (χ0v) is 33.2. The molecule has 0 fully saturated rings. The van der Waals surface area contributed by atoms with Crippen molar-refractivity contribution < 1.29 is 0 Å². The summed E-state index contributed by atoms with van der Waals surface area (Å²) in [7, 11) is 0. The first-order valence-electron chi connectivity index (χ1n) is 20.9. The van der Waals surface area contributed by atoms with Crippen LogP contribution in [0.3, 0.4) is 0 Å². The molecule has 0 radical (unpaired) electrons. The molecule has 0 aliphatic heterocycles. The van der Waals surface area contributed by atoms with Crippen molar-refractivity contribution >= 4 is 0 Å². The summed E-state index contributed by atoms with van der Waals surface area (Å²) in [6, 6.07) is 80.6. The predicted octanol–water partition coefficient (Wildman–Crippen LogP) is 14.2. The Kier molecular flexibility index (Phi) is 8.07. The molecule has 61 heavy (non-hydrogen) atoms. The van der Waals surface area contributed by atoms with Gasteiger partial charge in [-0.3, -0.25) is 0 Å². The quantitative estimate of drug-likeness (QED) is 0.175. The Morgan fingerprint density at radius 3 is 1.15 bits per heavy atom. The molecular formula is C58H37N3. The van der Waals surface area contributed by atoms with E-state index in [1.165, 1.54) is 61.2 Å². The average molecular weight is 776 g/mol. The minimum atomic E-state index is -0.554. The van der Waals surface area contributed by atoms with Crippen molar-refractivity contribution in [1.82, 2.24) is 15.0 Å². The lowest BCUT2D eigenvalue weighted by Crippen LogP contribution is -2.29. The molecule has 0 bridgehead atoms. The van der Waals surface area contributed by atoms with Gasteiger partial charge in [-0.2, -0.15) is 0 Å². The topological polar surface area (TPSA) is 38.7 Å². The number of benzene rings is 9. The maximum atomic E-state index is 5.33. The van der Waals surface area contributed by atoms with Gasteiger partial charge in [0.25, 0.3) is 0 Å². The van der Waals surface area contributed by atoms with E-state index >= 15 is 0 Å². The third kappa shape index (κ3) is 5.48. The molecule has 2 aliphatic rings. The molecule has 0 unspecified atom stereocenters. The van der Waals surface area contributed by atoms with Crippen molar-refractivity contribution in [2.24, 2.45) is 0 Å². The van der Waals surface area contributed by atoms with Crippen LogP contribution in [0.5, 0.6) is 0 Å². The lowest BCUT2D eigenvalue weighted by Gasteiger charge is -2.35. The smallest absolute Gasteiger partial charge is 0.164 e. The first-order chi connectivity index (χ1) is 30.3. The summed E-state index contributed by atoms with van der Waals surface area (Å²) in [6.45, 7) is 0. The number of hydrogen-bond acceptors (Lipinski definition) is 3. The van der Waals surface area contributed by atoms with Gasteiger partial charge in [-0.05, 0) is 84.0 Å². The molecule has 0 amide bonds. The zero-order valence-electron chi connectivity index (χ0n) is 33.2. The molecule has 12 rings (SSSR count). The van der Waals surface area contributed by atoms with E-state index in [0.717, 1.165) is 33.4 Å². The van der Waals surface area contributed by atoms with Gasteiger partial charge in [0, 0.05) is 16.7 Å². The first kappa shape index (κ1) is 35.0. The summed E-state index contributed by atoms with van der Waals surface area (Å²) in [5, 5.41) is 0. The lowest BCUT2D eigenvalue weighted by molar-refractivity contribution is 0.775. The van der Waals surface area contributed by atoms with E-state index in [-0.39, 0.29) is 0 Å². The van der Waals surface area contributed by atoms with Gasteiger partial charge in [-0.1, -0.05) is 218 Å². The fourth-order valence-corrected chi connectivity index (χ4v) is 9.94. The van der Waals surface area contributed by atoms with Crippen molar-refractivity contribution in [2.45, 2.75) is 5.41 Å². The van der Waals surface area contributed by atoms with Gasteiger partial charge in [0.15, 0.2) is 17.5 Å².